The van der Waals surface area contributed by atoms with Crippen LogP contribution in [0.25, 0.3) is 0 Å². The van der Waals surface area contributed by atoms with Crippen molar-refractivity contribution in [3.8, 4) is 0 Å². The van der Waals surface area contributed by atoms with Crippen LogP contribution in [0.2, 0.25) is 0 Å². The molecule has 0 aromatic heterocycles. The van der Waals surface area contributed by atoms with Gasteiger partial charge in [0, 0.05) is 26.2 Å². The first kappa shape index (κ1) is 10.4. The average molecular weight is 188 g/mol. The van der Waals surface area contributed by atoms with Crippen LogP contribution in [-0.2, 0) is 9.53 Å². The topological polar surface area (TPSA) is 75.8 Å². The van der Waals surface area contributed by atoms with E-state index in [1.165, 1.54) is 0 Å². The van der Waals surface area contributed by atoms with E-state index in [1.807, 2.05) is 4.90 Å². The van der Waals surface area contributed by atoms with Gasteiger partial charge in [-0.3, -0.25) is 9.69 Å². The van der Waals surface area contributed by atoms with Gasteiger partial charge in [0.2, 0.25) is 0 Å². The molecule has 0 saturated carbocycles. The average Bonchev–Trinajstić information content (AvgIpc) is 2.32. The fourth-order valence-electron chi connectivity index (χ4n) is 1.34. The van der Waals surface area contributed by atoms with Crippen LogP contribution < -0.4 is 5.73 Å². The van der Waals surface area contributed by atoms with Crippen molar-refractivity contribution in [1.29, 1.82) is 0 Å². The van der Waals surface area contributed by atoms with Gasteiger partial charge < -0.3 is 15.6 Å². The third-order valence-corrected chi connectivity index (χ3v) is 2.09. The van der Waals surface area contributed by atoms with E-state index in [0.29, 0.717) is 13.2 Å². The first-order chi connectivity index (χ1) is 6.20. The number of carboxylic acid groups (broad SMARTS) is 1. The molecule has 0 aromatic rings. The molecule has 1 aliphatic rings. The van der Waals surface area contributed by atoms with Crippen molar-refractivity contribution in [1.82, 2.24) is 4.90 Å². The predicted molar refractivity (Wildman–Crippen MR) is 47.5 cm³/mol. The lowest BCUT2D eigenvalue weighted by atomic mass is 10.3. The third-order valence-electron chi connectivity index (χ3n) is 2.09. The van der Waals surface area contributed by atoms with Crippen LogP contribution in [0.4, 0.5) is 0 Å². The minimum atomic E-state index is -0.940. The molecular weight excluding hydrogens is 172 g/mol. The monoisotopic (exact) mass is 188 g/mol. The number of hydrogen-bond acceptors (Lipinski definition) is 4. The molecule has 5 heteroatoms. The minimum absolute atomic E-state index is 0.415. The van der Waals surface area contributed by atoms with Gasteiger partial charge in [-0.2, -0.15) is 0 Å². The van der Waals surface area contributed by atoms with Crippen LogP contribution in [0, 0.1) is 0 Å². The van der Waals surface area contributed by atoms with Gasteiger partial charge in [-0.05, 0) is 6.42 Å². The molecule has 1 fully saturated rings. The SMILES string of the molecule is NC(CN1CCCOCC1)C(=O)O. The standard InChI is InChI=1S/C8H16N2O3/c9-7(8(11)12)6-10-2-1-4-13-5-3-10/h7H,1-6,9H2,(H,11,12). The number of carboxylic acids is 1. The molecule has 0 amide bonds. The molecule has 1 unspecified atom stereocenters. The van der Waals surface area contributed by atoms with Gasteiger partial charge in [-0.15, -0.1) is 0 Å². The van der Waals surface area contributed by atoms with E-state index >= 15 is 0 Å². The van der Waals surface area contributed by atoms with Gasteiger partial charge in [0.25, 0.3) is 0 Å². The Balaban J connectivity index is 2.29. The van der Waals surface area contributed by atoms with E-state index in [2.05, 4.69) is 0 Å². The number of carbonyl (C=O) groups is 1. The first-order valence-electron chi connectivity index (χ1n) is 4.48. The van der Waals surface area contributed by atoms with Gasteiger partial charge >= 0.3 is 5.97 Å². The molecule has 1 rings (SSSR count). The lowest BCUT2D eigenvalue weighted by molar-refractivity contribution is -0.139. The number of rotatable bonds is 3. The summed E-state index contributed by atoms with van der Waals surface area (Å²) in [7, 11) is 0. The summed E-state index contributed by atoms with van der Waals surface area (Å²) in [5.74, 6) is -0.940. The van der Waals surface area contributed by atoms with E-state index in [-0.39, 0.29) is 0 Å². The molecule has 0 spiro atoms. The van der Waals surface area contributed by atoms with Crippen molar-refractivity contribution < 1.29 is 14.6 Å². The number of aliphatic carboxylic acids is 1. The Labute approximate surface area is 77.5 Å². The molecule has 1 aliphatic heterocycles. The highest BCUT2D eigenvalue weighted by atomic mass is 16.5. The second-order valence-corrected chi connectivity index (χ2v) is 3.21. The van der Waals surface area contributed by atoms with E-state index in [0.717, 1.165) is 26.1 Å². The zero-order valence-electron chi connectivity index (χ0n) is 7.61. The number of hydrogen-bond donors (Lipinski definition) is 2. The largest absolute Gasteiger partial charge is 0.480 e. The molecule has 1 heterocycles. The zero-order chi connectivity index (χ0) is 9.68. The third kappa shape index (κ3) is 3.71. The Morgan fingerprint density at radius 3 is 3.00 bits per heavy atom. The fourth-order valence-corrected chi connectivity index (χ4v) is 1.34. The Morgan fingerprint density at radius 2 is 2.31 bits per heavy atom. The number of nitrogens with two attached hydrogens (primary N) is 1. The summed E-state index contributed by atoms with van der Waals surface area (Å²) in [5, 5.41) is 8.60. The van der Waals surface area contributed by atoms with Crippen molar-refractivity contribution in [2.24, 2.45) is 5.73 Å². The summed E-state index contributed by atoms with van der Waals surface area (Å²) in [5.41, 5.74) is 5.42. The number of ether oxygens (including phenoxy) is 1. The van der Waals surface area contributed by atoms with E-state index in [9.17, 15) is 4.79 Å². The van der Waals surface area contributed by atoms with Gasteiger partial charge in [0.15, 0.2) is 0 Å². The zero-order valence-corrected chi connectivity index (χ0v) is 7.61. The smallest absolute Gasteiger partial charge is 0.321 e. The molecule has 0 aliphatic carbocycles. The molecule has 13 heavy (non-hydrogen) atoms. The van der Waals surface area contributed by atoms with E-state index in [4.69, 9.17) is 15.6 Å². The molecule has 3 N–H and O–H groups in total. The maximum atomic E-state index is 10.5. The van der Waals surface area contributed by atoms with Crippen molar-refractivity contribution in [2.75, 3.05) is 32.8 Å². The summed E-state index contributed by atoms with van der Waals surface area (Å²) < 4.78 is 5.24. The summed E-state index contributed by atoms with van der Waals surface area (Å²) in [6.07, 6.45) is 0.951. The summed E-state index contributed by atoms with van der Waals surface area (Å²) in [6.45, 7) is 3.51. The minimum Gasteiger partial charge on any atom is -0.480 e. The molecule has 1 saturated heterocycles. The van der Waals surface area contributed by atoms with Crippen LogP contribution in [-0.4, -0.2) is 54.9 Å². The molecule has 0 radical (unpaired) electrons. The Morgan fingerprint density at radius 1 is 1.54 bits per heavy atom. The summed E-state index contributed by atoms with van der Waals surface area (Å²) in [6, 6.07) is -0.780. The van der Waals surface area contributed by atoms with E-state index < -0.39 is 12.0 Å². The van der Waals surface area contributed by atoms with Crippen molar-refractivity contribution in [2.45, 2.75) is 12.5 Å². The molecule has 76 valence electrons. The lowest BCUT2D eigenvalue weighted by Gasteiger charge is -2.20. The van der Waals surface area contributed by atoms with Crippen molar-refractivity contribution in [3.05, 3.63) is 0 Å². The highest BCUT2D eigenvalue weighted by Crippen LogP contribution is 1.99. The highest BCUT2D eigenvalue weighted by molar-refractivity contribution is 5.73. The Kier molecular flexibility index (Phi) is 4.14. The predicted octanol–water partition coefficient (Wildman–Crippen LogP) is -0.879. The normalized spacial score (nSPS) is 22.2. The second kappa shape index (κ2) is 5.16. The Bertz CT molecular complexity index is 167. The fraction of sp³-hybridized carbons (Fsp3) is 0.875. The van der Waals surface area contributed by atoms with E-state index in [1.54, 1.807) is 0 Å². The highest BCUT2D eigenvalue weighted by Gasteiger charge is 2.17. The first-order valence-corrected chi connectivity index (χ1v) is 4.48. The molecular formula is C8H16N2O3. The maximum absolute atomic E-state index is 10.5. The van der Waals surface area contributed by atoms with Gasteiger partial charge in [0.1, 0.15) is 6.04 Å². The summed E-state index contributed by atoms with van der Waals surface area (Å²) >= 11 is 0. The van der Waals surface area contributed by atoms with Crippen LogP contribution in [0.5, 0.6) is 0 Å². The van der Waals surface area contributed by atoms with Crippen molar-refractivity contribution >= 4 is 5.97 Å². The second-order valence-electron chi connectivity index (χ2n) is 3.21. The lowest BCUT2D eigenvalue weighted by Crippen LogP contribution is -2.43. The van der Waals surface area contributed by atoms with Crippen LogP contribution in [0.15, 0.2) is 0 Å². The molecule has 1 atom stereocenters. The van der Waals surface area contributed by atoms with Crippen LogP contribution in [0.1, 0.15) is 6.42 Å². The van der Waals surface area contributed by atoms with Crippen LogP contribution >= 0.6 is 0 Å². The van der Waals surface area contributed by atoms with Crippen LogP contribution in [0.3, 0.4) is 0 Å². The quantitative estimate of drug-likeness (QED) is 0.601. The Hall–Kier alpha value is -0.650. The van der Waals surface area contributed by atoms with Gasteiger partial charge in [-0.25, -0.2) is 0 Å². The summed E-state index contributed by atoms with van der Waals surface area (Å²) in [4.78, 5) is 12.5. The number of nitrogens with zero attached hydrogens (tertiary/aromatic N) is 1. The maximum Gasteiger partial charge on any atom is 0.321 e. The van der Waals surface area contributed by atoms with Gasteiger partial charge in [-0.1, -0.05) is 0 Å². The molecule has 0 bridgehead atoms. The molecule has 0 aromatic carbocycles. The van der Waals surface area contributed by atoms with Gasteiger partial charge in [0.05, 0.1) is 6.61 Å². The molecule has 5 nitrogen and oxygen atoms in total. The van der Waals surface area contributed by atoms with Crippen molar-refractivity contribution in [3.63, 3.8) is 0 Å².